The quantitative estimate of drug-likeness (QED) is 0.305. The molecule has 2 aliphatic heterocycles. The second kappa shape index (κ2) is 9.76. The Morgan fingerprint density at radius 3 is 2.29 bits per heavy atom. The number of nitrogens with zero attached hydrogens (tertiary/aromatic N) is 1. The molecule has 2 amide bonds. The van der Waals surface area contributed by atoms with Crippen molar-refractivity contribution in [3.63, 3.8) is 0 Å². The third-order valence-electron chi connectivity index (χ3n) is 7.87. The lowest BCUT2D eigenvalue weighted by atomic mass is 9.55. The van der Waals surface area contributed by atoms with Crippen LogP contribution < -0.4 is 10.2 Å². The predicted octanol–water partition coefficient (Wildman–Crippen LogP) is 3.73. The number of benzene rings is 3. The van der Waals surface area contributed by atoms with Gasteiger partial charge in [-0.15, -0.1) is 0 Å². The summed E-state index contributed by atoms with van der Waals surface area (Å²) in [5.41, 5.74) is 3.74. The maximum atomic E-state index is 13.8. The van der Waals surface area contributed by atoms with Crippen molar-refractivity contribution in [2.45, 2.75) is 18.9 Å². The van der Waals surface area contributed by atoms with Gasteiger partial charge < -0.3 is 25.2 Å². The fourth-order valence-corrected chi connectivity index (χ4v) is 6.15. The average molecular weight is 510 g/mol. The van der Waals surface area contributed by atoms with E-state index in [0.717, 1.165) is 11.4 Å². The van der Waals surface area contributed by atoms with Gasteiger partial charge in [0.15, 0.2) is 0 Å². The number of carbonyl (C=O) groups is 2. The van der Waals surface area contributed by atoms with Crippen LogP contribution in [0.4, 0.5) is 17.1 Å². The van der Waals surface area contributed by atoms with E-state index in [1.165, 1.54) is 4.90 Å². The van der Waals surface area contributed by atoms with Gasteiger partial charge in [0.05, 0.1) is 30.2 Å². The van der Waals surface area contributed by atoms with Gasteiger partial charge in [-0.25, -0.2) is 0 Å². The monoisotopic (exact) mass is 510 g/mol. The largest absolute Gasteiger partial charge is 0.508 e. The number of phenolic OH excluding ortho intramolecular Hbond substituents is 1. The number of allylic oxidation sites excluding steroid dienone is 1. The lowest BCUT2D eigenvalue weighted by molar-refractivity contribution is -0.123. The van der Waals surface area contributed by atoms with Gasteiger partial charge in [-0.05, 0) is 72.3 Å². The number of hydrogen-bond donors (Lipinski definition) is 4. The highest BCUT2D eigenvalue weighted by Gasteiger charge is 2.58. The molecule has 3 aromatic carbocycles. The second-order valence-corrected chi connectivity index (χ2v) is 9.98. The normalized spacial score (nSPS) is 24.9. The first-order valence-corrected chi connectivity index (χ1v) is 12.7. The standard InChI is InChI=1S/C29H27BN2O6/c33-16-17-14-23-26(22-15-25(38-30(37)27(17)22)21-8-4-5-9-24(21)34)29(36)32(28(23)35)20-12-10-19(11-13-20)31-18-6-2-1-3-7-18/h1-13,22-23,25-26,31,33-34,37H,14-16H2/t22-,23-,25-,26+/m0/s1. The summed E-state index contributed by atoms with van der Waals surface area (Å²) in [7, 11) is -1.35. The van der Waals surface area contributed by atoms with Crippen molar-refractivity contribution in [2.75, 3.05) is 16.8 Å². The molecule has 4 atom stereocenters. The topological polar surface area (TPSA) is 119 Å². The molecule has 3 aliphatic rings. The molecule has 4 N–H and O–H groups in total. The van der Waals surface area contributed by atoms with Gasteiger partial charge in [-0.1, -0.05) is 36.4 Å². The average Bonchev–Trinajstić information content (AvgIpc) is 3.18. The number of aliphatic hydroxyl groups excluding tert-OH is 1. The Morgan fingerprint density at radius 2 is 1.58 bits per heavy atom. The van der Waals surface area contributed by atoms with E-state index in [2.05, 4.69) is 5.32 Å². The van der Waals surface area contributed by atoms with Gasteiger partial charge in [0, 0.05) is 16.9 Å². The number of carbonyl (C=O) groups excluding carboxylic acids is 2. The molecule has 38 heavy (non-hydrogen) atoms. The smallest absolute Gasteiger partial charge is 0.487 e. The molecule has 3 aromatic rings. The van der Waals surface area contributed by atoms with E-state index in [1.807, 2.05) is 42.5 Å². The Balaban J connectivity index is 1.30. The van der Waals surface area contributed by atoms with Crippen molar-refractivity contribution in [3.05, 3.63) is 95.5 Å². The minimum Gasteiger partial charge on any atom is -0.508 e. The number of rotatable bonds is 5. The lowest BCUT2D eigenvalue weighted by Crippen LogP contribution is -2.45. The number of phenols is 1. The lowest BCUT2D eigenvalue weighted by Gasteiger charge is -2.42. The molecule has 0 unspecified atom stereocenters. The Morgan fingerprint density at radius 1 is 0.895 bits per heavy atom. The van der Waals surface area contributed by atoms with E-state index < -0.39 is 31.0 Å². The van der Waals surface area contributed by atoms with Crippen LogP contribution in [0.2, 0.25) is 0 Å². The van der Waals surface area contributed by atoms with Crippen molar-refractivity contribution >= 4 is 36.0 Å². The minimum absolute atomic E-state index is 0.0338. The van der Waals surface area contributed by atoms with Crippen LogP contribution in [0.1, 0.15) is 24.5 Å². The zero-order chi connectivity index (χ0) is 26.4. The van der Waals surface area contributed by atoms with Gasteiger partial charge in [0.2, 0.25) is 11.8 Å². The summed E-state index contributed by atoms with van der Waals surface area (Å²) in [6, 6.07) is 23.5. The van der Waals surface area contributed by atoms with Crippen molar-refractivity contribution < 1.29 is 29.5 Å². The molecule has 2 fully saturated rings. The zero-order valence-electron chi connectivity index (χ0n) is 20.5. The number of para-hydroxylation sites is 2. The van der Waals surface area contributed by atoms with Gasteiger partial charge in [0.1, 0.15) is 5.75 Å². The van der Waals surface area contributed by atoms with Gasteiger partial charge in [-0.2, -0.15) is 0 Å². The van der Waals surface area contributed by atoms with E-state index in [9.17, 15) is 24.8 Å². The van der Waals surface area contributed by atoms with E-state index in [-0.39, 0.29) is 30.6 Å². The molecule has 6 rings (SSSR count). The summed E-state index contributed by atoms with van der Waals surface area (Å²) in [4.78, 5) is 28.7. The summed E-state index contributed by atoms with van der Waals surface area (Å²) >= 11 is 0. The van der Waals surface area contributed by atoms with Gasteiger partial charge in [-0.3, -0.25) is 14.5 Å². The molecule has 192 valence electrons. The molecular weight excluding hydrogens is 483 g/mol. The molecule has 0 radical (unpaired) electrons. The molecular formula is C29H27BN2O6. The highest BCUT2D eigenvalue weighted by atomic mass is 16.5. The molecule has 2 saturated heterocycles. The van der Waals surface area contributed by atoms with Crippen LogP contribution in [0.25, 0.3) is 0 Å². The first-order chi connectivity index (χ1) is 18.5. The summed E-state index contributed by atoms with van der Waals surface area (Å²) in [6.07, 6.45) is -0.191. The number of anilines is 3. The molecule has 2 heterocycles. The highest BCUT2D eigenvalue weighted by Crippen LogP contribution is 2.52. The molecule has 9 heteroatoms. The number of fused-ring (bicyclic) bond motifs is 3. The number of imide groups is 1. The predicted molar refractivity (Wildman–Crippen MR) is 142 cm³/mol. The summed E-state index contributed by atoms with van der Waals surface area (Å²) in [6.45, 7) is -0.335. The number of nitrogens with one attached hydrogen (secondary N) is 1. The van der Waals surface area contributed by atoms with Crippen LogP contribution in [0.15, 0.2) is 89.9 Å². The Kier molecular flexibility index (Phi) is 6.27. The van der Waals surface area contributed by atoms with Crippen molar-refractivity contribution in [3.8, 4) is 5.75 Å². The Hall–Kier alpha value is -3.92. The molecule has 1 aliphatic carbocycles. The van der Waals surface area contributed by atoms with Crippen LogP contribution in [0, 0.1) is 17.8 Å². The van der Waals surface area contributed by atoms with Gasteiger partial charge in [0.25, 0.3) is 0 Å². The Bertz CT molecular complexity index is 1410. The fourth-order valence-electron chi connectivity index (χ4n) is 6.15. The summed E-state index contributed by atoms with van der Waals surface area (Å²) in [5.74, 6) is -2.45. The van der Waals surface area contributed by atoms with E-state index >= 15 is 0 Å². The van der Waals surface area contributed by atoms with Crippen molar-refractivity contribution in [1.29, 1.82) is 0 Å². The molecule has 0 aromatic heterocycles. The van der Waals surface area contributed by atoms with E-state index in [0.29, 0.717) is 28.7 Å². The van der Waals surface area contributed by atoms with Crippen LogP contribution in [0.3, 0.4) is 0 Å². The molecule has 8 nitrogen and oxygen atoms in total. The molecule has 0 spiro atoms. The van der Waals surface area contributed by atoms with E-state index in [1.54, 1.807) is 36.4 Å². The van der Waals surface area contributed by atoms with Crippen LogP contribution >= 0.6 is 0 Å². The van der Waals surface area contributed by atoms with Crippen molar-refractivity contribution in [1.82, 2.24) is 0 Å². The summed E-state index contributed by atoms with van der Waals surface area (Å²) in [5, 5.41) is 34.7. The molecule has 0 bridgehead atoms. The maximum Gasteiger partial charge on any atom is 0.487 e. The third-order valence-corrected chi connectivity index (χ3v) is 7.87. The number of amides is 2. The highest BCUT2D eigenvalue weighted by molar-refractivity contribution is 6.53. The number of aromatic hydroxyl groups is 1. The Labute approximate surface area is 220 Å². The van der Waals surface area contributed by atoms with Crippen molar-refractivity contribution in [2.24, 2.45) is 17.8 Å². The molecule has 0 saturated carbocycles. The third kappa shape index (κ3) is 4.09. The SMILES string of the molecule is O=C1[C@H]2[C@H](CC(CO)=C3B(O)O[C@H](c4ccccc4O)C[C@H]32)C(=O)N1c1ccc(Nc2ccccc2)cc1. The van der Waals surface area contributed by atoms with Gasteiger partial charge >= 0.3 is 7.12 Å². The summed E-state index contributed by atoms with van der Waals surface area (Å²) < 4.78 is 5.85. The number of aliphatic hydroxyl groups is 1. The minimum atomic E-state index is -1.35. The fraction of sp³-hybridized carbons (Fsp3) is 0.241. The zero-order valence-corrected chi connectivity index (χ0v) is 20.5. The first kappa shape index (κ1) is 24.4. The second-order valence-electron chi connectivity index (χ2n) is 9.98. The van der Waals surface area contributed by atoms with E-state index in [4.69, 9.17) is 4.65 Å². The maximum absolute atomic E-state index is 13.8. The number of hydrogen-bond acceptors (Lipinski definition) is 7. The van der Waals surface area contributed by atoms with Crippen LogP contribution in [0.5, 0.6) is 5.75 Å². The van der Waals surface area contributed by atoms with Crippen LogP contribution in [-0.2, 0) is 14.2 Å². The first-order valence-electron chi connectivity index (χ1n) is 12.7. The van der Waals surface area contributed by atoms with Crippen LogP contribution in [-0.4, -0.2) is 40.8 Å².